The van der Waals surface area contributed by atoms with Crippen molar-refractivity contribution in [1.82, 2.24) is 9.80 Å². The molecule has 1 aliphatic heterocycles. The summed E-state index contributed by atoms with van der Waals surface area (Å²) in [4.78, 5) is 25.2. The fourth-order valence-corrected chi connectivity index (χ4v) is 4.07. The van der Waals surface area contributed by atoms with Crippen molar-refractivity contribution >= 4 is 34.6 Å². The molecule has 5 nitrogen and oxygen atoms in total. The second-order valence-electron chi connectivity index (χ2n) is 7.13. The van der Waals surface area contributed by atoms with Crippen LogP contribution in [0.25, 0.3) is 0 Å². The number of halogens is 4. The molecule has 0 radical (unpaired) electrons. The van der Waals surface area contributed by atoms with E-state index in [1.807, 2.05) is 24.3 Å². The summed E-state index contributed by atoms with van der Waals surface area (Å²) in [6.45, 7) is 0.607. The quantitative estimate of drug-likeness (QED) is 0.643. The smallest absolute Gasteiger partial charge is 0.465 e. The van der Waals surface area contributed by atoms with Gasteiger partial charge in [-0.15, -0.1) is 0 Å². The number of carboxylic acid groups (broad SMARTS) is 1. The van der Waals surface area contributed by atoms with Crippen LogP contribution in [0, 0.1) is 9.49 Å². The minimum Gasteiger partial charge on any atom is -0.465 e. The number of amides is 2. The van der Waals surface area contributed by atoms with Gasteiger partial charge in [-0.25, -0.2) is 4.79 Å². The molecule has 9 heteroatoms. The first-order chi connectivity index (χ1) is 12.7. The minimum atomic E-state index is -4.90. The van der Waals surface area contributed by atoms with E-state index in [-0.39, 0.29) is 18.4 Å². The molecule has 1 aliphatic carbocycles. The van der Waals surface area contributed by atoms with E-state index in [9.17, 15) is 22.8 Å². The molecule has 148 valence electrons. The van der Waals surface area contributed by atoms with E-state index < -0.39 is 24.2 Å². The van der Waals surface area contributed by atoms with Crippen molar-refractivity contribution in [1.29, 1.82) is 0 Å². The normalized spacial score (nSPS) is 23.2. The van der Waals surface area contributed by atoms with Crippen molar-refractivity contribution in [3.63, 3.8) is 0 Å². The molecule has 27 heavy (non-hydrogen) atoms. The summed E-state index contributed by atoms with van der Waals surface area (Å²) in [5.41, 5.74) is 0.945. The Bertz CT molecular complexity index is 703. The predicted molar refractivity (Wildman–Crippen MR) is 100 cm³/mol. The van der Waals surface area contributed by atoms with Crippen LogP contribution in [0.5, 0.6) is 0 Å². The molecule has 2 aliphatic rings. The second-order valence-corrected chi connectivity index (χ2v) is 8.37. The molecule has 0 spiro atoms. The Labute approximate surface area is 168 Å². The lowest BCUT2D eigenvalue weighted by Gasteiger charge is -2.34. The van der Waals surface area contributed by atoms with E-state index in [1.165, 1.54) is 4.90 Å². The van der Waals surface area contributed by atoms with Gasteiger partial charge < -0.3 is 14.9 Å². The molecular formula is C18H20F3IN2O3. The van der Waals surface area contributed by atoms with E-state index in [0.717, 1.165) is 14.0 Å². The van der Waals surface area contributed by atoms with Crippen molar-refractivity contribution in [3.05, 3.63) is 33.4 Å². The molecule has 1 N–H and O–H groups in total. The number of hydrogen-bond donors (Lipinski definition) is 1. The largest absolute Gasteiger partial charge is 0.471 e. The van der Waals surface area contributed by atoms with Gasteiger partial charge in [0.15, 0.2) is 0 Å². The Balaban J connectivity index is 1.68. The third-order valence-electron chi connectivity index (χ3n) is 5.30. The summed E-state index contributed by atoms with van der Waals surface area (Å²) in [6.07, 6.45) is -4.46. The number of rotatable bonds is 4. The Morgan fingerprint density at radius 1 is 1.19 bits per heavy atom. The van der Waals surface area contributed by atoms with Gasteiger partial charge in [-0.1, -0.05) is 12.1 Å². The zero-order chi connectivity index (χ0) is 19.8. The highest BCUT2D eigenvalue weighted by atomic mass is 127. The first-order valence-corrected chi connectivity index (χ1v) is 9.86. The third kappa shape index (κ3) is 4.85. The lowest BCUT2D eigenvalue weighted by atomic mass is 9.96. The van der Waals surface area contributed by atoms with Crippen molar-refractivity contribution < 1.29 is 27.9 Å². The molecule has 1 saturated carbocycles. The SMILES string of the molecule is O=C(O)N1CCC(CN(C(=O)C(F)(F)F)C2CC2c2ccc(I)cc2)CC1. The average molecular weight is 496 g/mol. The number of likely N-dealkylation sites (tertiary alicyclic amines) is 1. The van der Waals surface area contributed by atoms with E-state index >= 15 is 0 Å². The van der Waals surface area contributed by atoms with Crippen molar-refractivity contribution in [2.24, 2.45) is 5.92 Å². The molecule has 1 heterocycles. The van der Waals surface area contributed by atoms with Crippen molar-refractivity contribution in [2.75, 3.05) is 19.6 Å². The van der Waals surface area contributed by atoms with Gasteiger partial charge in [0.25, 0.3) is 0 Å². The molecule has 1 aromatic carbocycles. The highest BCUT2D eigenvalue weighted by molar-refractivity contribution is 14.1. The van der Waals surface area contributed by atoms with E-state index in [1.54, 1.807) is 0 Å². The van der Waals surface area contributed by atoms with Crippen molar-refractivity contribution in [3.8, 4) is 0 Å². The van der Waals surface area contributed by atoms with Crippen LogP contribution in [0.15, 0.2) is 24.3 Å². The second kappa shape index (κ2) is 7.84. The molecule has 3 rings (SSSR count). The van der Waals surface area contributed by atoms with E-state index in [4.69, 9.17) is 5.11 Å². The molecule has 0 aromatic heterocycles. The number of piperidine rings is 1. The van der Waals surface area contributed by atoms with Gasteiger partial charge >= 0.3 is 18.2 Å². The lowest BCUT2D eigenvalue weighted by molar-refractivity contribution is -0.187. The first-order valence-electron chi connectivity index (χ1n) is 8.78. The highest BCUT2D eigenvalue weighted by Gasteiger charge is 2.52. The van der Waals surface area contributed by atoms with Gasteiger partial charge in [-0.2, -0.15) is 13.2 Å². The number of nitrogens with zero attached hydrogens (tertiary/aromatic N) is 2. The number of benzene rings is 1. The summed E-state index contributed by atoms with van der Waals surface area (Å²) in [6, 6.07) is 7.16. The monoisotopic (exact) mass is 496 g/mol. The number of carbonyl (C=O) groups is 2. The summed E-state index contributed by atoms with van der Waals surface area (Å²) in [7, 11) is 0. The Hall–Kier alpha value is -1.52. The van der Waals surface area contributed by atoms with Gasteiger partial charge in [0.1, 0.15) is 0 Å². The first kappa shape index (κ1) is 20.2. The third-order valence-corrected chi connectivity index (χ3v) is 6.02. The summed E-state index contributed by atoms with van der Waals surface area (Å²) >= 11 is 2.16. The van der Waals surface area contributed by atoms with Crippen LogP contribution < -0.4 is 0 Å². The fourth-order valence-electron chi connectivity index (χ4n) is 3.71. The summed E-state index contributed by atoms with van der Waals surface area (Å²) < 4.78 is 40.4. The zero-order valence-corrected chi connectivity index (χ0v) is 16.6. The zero-order valence-electron chi connectivity index (χ0n) is 14.5. The lowest BCUT2D eigenvalue weighted by Crippen LogP contribution is -2.47. The maximum absolute atomic E-state index is 13.1. The van der Waals surface area contributed by atoms with Crippen LogP contribution in [0.2, 0.25) is 0 Å². The summed E-state index contributed by atoms with van der Waals surface area (Å²) in [5, 5.41) is 8.99. The molecule has 1 saturated heterocycles. The Kier molecular flexibility index (Phi) is 5.87. The van der Waals surface area contributed by atoms with Crippen LogP contribution in [0.3, 0.4) is 0 Å². The predicted octanol–water partition coefficient (Wildman–Crippen LogP) is 3.93. The average Bonchev–Trinajstić information content (AvgIpc) is 3.40. The van der Waals surface area contributed by atoms with Gasteiger partial charge in [-0.3, -0.25) is 4.79 Å². The molecule has 0 bridgehead atoms. The Morgan fingerprint density at radius 2 is 1.78 bits per heavy atom. The van der Waals surface area contributed by atoms with Gasteiger partial charge in [0.05, 0.1) is 0 Å². The Morgan fingerprint density at radius 3 is 2.30 bits per heavy atom. The summed E-state index contributed by atoms with van der Waals surface area (Å²) in [5.74, 6) is -1.99. The molecule has 1 aromatic rings. The molecule has 2 amide bonds. The standard InChI is InChI=1S/C18H20F3IN2O3/c19-18(20,21)16(25)24(10-11-5-7-23(8-6-11)17(26)27)15-9-14(15)12-1-3-13(22)4-2-12/h1-4,11,14-15H,5-10H2,(H,26,27). The highest BCUT2D eigenvalue weighted by Crippen LogP contribution is 2.46. The number of hydrogen-bond acceptors (Lipinski definition) is 2. The van der Waals surface area contributed by atoms with E-state index in [2.05, 4.69) is 22.6 Å². The molecule has 2 unspecified atom stereocenters. The maximum Gasteiger partial charge on any atom is 0.471 e. The molecule has 2 atom stereocenters. The van der Waals surface area contributed by atoms with Crippen LogP contribution in [0.1, 0.15) is 30.7 Å². The van der Waals surface area contributed by atoms with Gasteiger partial charge in [0, 0.05) is 35.2 Å². The number of alkyl halides is 3. The van der Waals surface area contributed by atoms with Crippen LogP contribution in [-0.4, -0.2) is 58.8 Å². The maximum atomic E-state index is 13.1. The molecule has 2 fully saturated rings. The van der Waals surface area contributed by atoms with Crippen molar-refractivity contribution in [2.45, 2.75) is 37.4 Å². The van der Waals surface area contributed by atoms with Crippen LogP contribution >= 0.6 is 22.6 Å². The topological polar surface area (TPSA) is 60.9 Å². The number of carbonyl (C=O) groups excluding carboxylic acids is 1. The fraction of sp³-hybridized carbons (Fsp3) is 0.556. The van der Waals surface area contributed by atoms with Gasteiger partial charge in [0.2, 0.25) is 0 Å². The molecular weight excluding hydrogens is 476 g/mol. The minimum absolute atomic E-state index is 0.0251. The van der Waals surface area contributed by atoms with Crippen LogP contribution in [-0.2, 0) is 4.79 Å². The van der Waals surface area contributed by atoms with Crippen LogP contribution in [0.4, 0.5) is 18.0 Å². The van der Waals surface area contributed by atoms with Gasteiger partial charge in [-0.05, 0) is 65.5 Å². The van der Waals surface area contributed by atoms with E-state index in [0.29, 0.717) is 32.4 Å².